The number of rotatable bonds is 4. The van der Waals surface area contributed by atoms with Crippen LogP contribution in [0.2, 0.25) is 5.02 Å². The van der Waals surface area contributed by atoms with E-state index in [1.54, 1.807) is 19.1 Å². The van der Waals surface area contributed by atoms with Crippen LogP contribution in [0.25, 0.3) is 0 Å². The zero-order chi connectivity index (χ0) is 12.3. The lowest BCUT2D eigenvalue weighted by Gasteiger charge is -2.14. The van der Waals surface area contributed by atoms with Crippen LogP contribution in [-0.2, 0) is 4.79 Å². The molecule has 0 saturated carbocycles. The van der Waals surface area contributed by atoms with Crippen LogP contribution in [0.5, 0.6) is 5.75 Å². The number of carbonyl (C=O) groups is 1. The van der Waals surface area contributed by atoms with Crippen LogP contribution in [0.1, 0.15) is 30.9 Å². The smallest absolute Gasteiger partial charge is 0.310 e. The van der Waals surface area contributed by atoms with Crippen molar-refractivity contribution in [1.82, 2.24) is 0 Å². The Bertz CT molecular complexity index is 401. The van der Waals surface area contributed by atoms with Gasteiger partial charge in [-0.1, -0.05) is 11.6 Å². The van der Waals surface area contributed by atoms with Gasteiger partial charge in [-0.25, -0.2) is 0 Å². The second kappa shape index (κ2) is 5.21. The van der Waals surface area contributed by atoms with Crippen LogP contribution >= 0.6 is 11.6 Å². The van der Waals surface area contributed by atoms with Crippen molar-refractivity contribution < 1.29 is 14.6 Å². The first-order valence-corrected chi connectivity index (χ1v) is 5.50. The SMILES string of the molecule is CCOc1cc(C)c(C(C)C(=O)O)cc1Cl. The fraction of sp³-hybridized carbons (Fsp3) is 0.417. The Morgan fingerprint density at radius 3 is 2.69 bits per heavy atom. The predicted octanol–water partition coefficient (Wildman–Crippen LogP) is 3.24. The van der Waals surface area contributed by atoms with Gasteiger partial charge in [0.25, 0.3) is 0 Å². The van der Waals surface area contributed by atoms with Crippen LogP contribution in [0.4, 0.5) is 0 Å². The number of halogens is 1. The highest BCUT2D eigenvalue weighted by molar-refractivity contribution is 6.32. The van der Waals surface area contributed by atoms with Crippen molar-refractivity contribution in [3.63, 3.8) is 0 Å². The van der Waals surface area contributed by atoms with Gasteiger partial charge in [-0.15, -0.1) is 0 Å². The van der Waals surface area contributed by atoms with Gasteiger partial charge in [0.1, 0.15) is 5.75 Å². The summed E-state index contributed by atoms with van der Waals surface area (Å²) in [4.78, 5) is 10.9. The second-order valence-electron chi connectivity index (χ2n) is 3.63. The van der Waals surface area contributed by atoms with E-state index in [0.717, 1.165) is 11.1 Å². The molecule has 16 heavy (non-hydrogen) atoms. The summed E-state index contributed by atoms with van der Waals surface area (Å²) in [5.74, 6) is -0.820. The van der Waals surface area contributed by atoms with Gasteiger partial charge in [-0.3, -0.25) is 4.79 Å². The molecule has 3 nitrogen and oxygen atoms in total. The van der Waals surface area contributed by atoms with Crippen LogP contribution < -0.4 is 4.74 Å². The normalized spacial score (nSPS) is 12.2. The van der Waals surface area contributed by atoms with Crippen molar-refractivity contribution in [3.8, 4) is 5.75 Å². The second-order valence-corrected chi connectivity index (χ2v) is 4.04. The van der Waals surface area contributed by atoms with Gasteiger partial charge >= 0.3 is 5.97 Å². The molecule has 0 saturated heterocycles. The molecule has 0 aromatic heterocycles. The molecule has 1 aromatic carbocycles. The summed E-state index contributed by atoms with van der Waals surface area (Å²) in [5, 5.41) is 9.40. The average molecular weight is 243 g/mol. The molecule has 1 N–H and O–H groups in total. The third kappa shape index (κ3) is 2.67. The van der Waals surface area contributed by atoms with Crippen molar-refractivity contribution in [2.45, 2.75) is 26.7 Å². The average Bonchev–Trinajstić information content (AvgIpc) is 2.22. The van der Waals surface area contributed by atoms with Crippen LogP contribution in [-0.4, -0.2) is 17.7 Å². The Balaban J connectivity index is 3.14. The molecule has 0 aliphatic carbocycles. The van der Waals surface area contributed by atoms with E-state index in [9.17, 15) is 4.79 Å². The Labute approximate surface area is 100.0 Å². The quantitative estimate of drug-likeness (QED) is 0.882. The van der Waals surface area contributed by atoms with E-state index < -0.39 is 11.9 Å². The Morgan fingerprint density at radius 2 is 2.19 bits per heavy atom. The number of aryl methyl sites for hydroxylation is 1. The molecule has 0 bridgehead atoms. The molecular weight excluding hydrogens is 228 g/mol. The zero-order valence-corrected chi connectivity index (χ0v) is 10.3. The molecule has 0 spiro atoms. The Kier molecular flexibility index (Phi) is 4.19. The minimum Gasteiger partial charge on any atom is -0.492 e. The standard InChI is InChI=1S/C12H15ClO3/c1-4-16-11-5-7(2)9(6-10(11)13)8(3)12(14)15/h5-6,8H,4H2,1-3H3,(H,14,15). The van der Waals surface area contributed by atoms with Gasteiger partial charge in [-0.05, 0) is 44.0 Å². The highest BCUT2D eigenvalue weighted by atomic mass is 35.5. The molecule has 0 amide bonds. The minimum atomic E-state index is -0.858. The van der Waals surface area contributed by atoms with Gasteiger partial charge in [0, 0.05) is 0 Å². The number of hydrogen-bond acceptors (Lipinski definition) is 2. The summed E-state index contributed by atoms with van der Waals surface area (Å²) < 4.78 is 5.33. The summed E-state index contributed by atoms with van der Waals surface area (Å²) in [6.45, 7) is 5.90. The maximum Gasteiger partial charge on any atom is 0.310 e. The van der Waals surface area contributed by atoms with E-state index >= 15 is 0 Å². The molecule has 0 heterocycles. The first-order valence-electron chi connectivity index (χ1n) is 5.13. The fourth-order valence-electron chi connectivity index (χ4n) is 1.54. The lowest BCUT2D eigenvalue weighted by atomic mass is 9.96. The highest BCUT2D eigenvalue weighted by Crippen LogP contribution is 2.31. The summed E-state index contributed by atoms with van der Waals surface area (Å²) in [6, 6.07) is 3.45. The van der Waals surface area contributed by atoms with E-state index in [2.05, 4.69) is 0 Å². The van der Waals surface area contributed by atoms with Gasteiger partial charge < -0.3 is 9.84 Å². The predicted molar refractivity (Wildman–Crippen MR) is 63.4 cm³/mol. The summed E-state index contributed by atoms with van der Waals surface area (Å²) in [5.41, 5.74) is 1.60. The number of benzene rings is 1. The number of aliphatic carboxylic acids is 1. The number of ether oxygens (including phenoxy) is 1. The van der Waals surface area contributed by atoms with Gasteiger partial charge in [0.15, 0.2) is 0 Å². The largest absolute Gasteiger partial charge is 0.492 e. The first kappa shape index (κ1) is 12.8. The Hall–Kier alpha value is -1.22. The van der Waals surface area contributed by atoms with Gasteiger partial charge in [-0.2, -0.15) is 0 Å². The minimum absolute atomic E-state index is 0.454. The fourth-order valence-corrected chi connectivity index (χ4v) is 1.76. The molecule has 1 atom stereocenters. The van der Waals surface area contributed by atoms with E-state index in [-0.39, 0.29) is 0 Å². The van der Waals surface area contributed by atoms with Crippen LogP contribution in [0.3, 0.4) is 0 Å². The van der Waals surface area contributed by atoms with E-state index in [1.165, 1.54) is 0 Å². The van der Waals surface area contributed by atoms with Crippen LogP contribution in [0, 0.1) is 6.92 Å². The van der Waals surface area contributed by atoms with Crippen molar-refractivity contribution in [1.29, 1.82) is 0 Å². The third-order valence-electron chi connectivity index (χ3n) is 2.46. The maximum atomic E-state index is 10.9. The van der Waals surface area contributed by atoms with Crippen molar-refractivity contribution in [2.75, 3.05) is 6.61 Å². The first-order chi connectivity index (χ1) is 7.47. The summed E-state index contributed by atoms with van der Waals surface area (Å²) >= 11 is 6.01. The molecule has 0 aliphatic rings. The van der Waals surface area contributed by atoms with Gasteiger partial charge in [0.2, 0.25) is 0 Å². The highest BCUT2D eigenvalue weighted by Gasteiger charge is 2.18. The lowest BCUT2D eigenvalue weighted by molar-refractivity contribution is -0.138. The third-order valence-corrected chi connectivity index (χ3v) is 2.75. The van der Waals surface area contributed by atoms with E-state index in [1.807, 2.05) is 13.8 Å². The molecule has 0 aliphatic heterocycles. The molecule has 0 radical (unpaired) electrons. The zero-order valence-electron chi connectivity index (χ0n) is 9.58. The summed E-state index contributed by atoms with van der Waals surface area (Å²) in [6.07, 6.45) is 0. The lowest BCUT2D eigenvalue weighted by Crippen LogP contribution is -2.09. The van der Waals surface area contributed by atoms with Crippen molar-refractivity contribution >= 4 is 17.6 Å². The van der Waals surface area contributed by atoms with Crippen LogP contribution in [0.15, 0.2) is 12.1 Å². The molecule has 0 fully saturated rings. The molecule has 1 unspecified atom stereocenters. The van der Waals surface area contributed by atoms with E-state index in [4.69, 9.17) is 21.4 Å². The maximum absolute atomic E-state index is 10.9. The summed E-state index contributed by atoms with van der Waals surface area (Å²) in [7, 11) is 0. The molecule has 88 valence electrons. The number of hydrogen-bond donors (Lipinski definition) is 1. The number of carboxylic acid groups (broad SMARTS) is 1. The topological polar surface area (TPSA) is 46.5 Å². The van der Waals surface area contributed by atoms with Crippen molar-refractivity contribution in [2.24, 2.45) is 0 Å². The van der Waals surface area contributed by atoms with Gasteiger partial charge in [0.05, 0.1) is 17.5 Å². The Morgan fingerprint density at radius 1 is 1.56 bits per heavy atom. The molecule has 4 heteroatoms. The molecular formula is C12H15ClO3. The van der Waals surface area contributed by atoms with E-state index in [0.29, 0.717) is 17.4 Å². The monoisotopic (exact) mass is 242 g/mol. The number of carboxylic acids is 1. The van der Waals surface area contributed by atoms with Crippen molar-refractivity contribution in [3.05, 3.63) is 28.3 Å². The molecule has 1 aromatic rings. The molecule has 1 rings (SSSR count).